The van der Waals surface area contributed by atoms with E-state index < -0.39 is 4.92 Å². The van der Waals surface area contributed by atoms with Gasteiger partial charge in [-0.25, -0.2) is 0 Å². The third-order valence-electron chi connectivity index (χ3n) is 3.51. The monoisotopic (exact) mass is 290 g/mol. The summed E-state index contributed by atoms with van der Waals surface area (Å²) in [5, 5.41) is 18.3. The van der Waals surface area contributed by atoms with Gasteiger partial charge in [0.2, 0.25) is 5.91 Å². The number of fused-ring (bicyclic) bond motifs is 1. The summed E-state index contributed by atoms with van der Waals surface area (Å²) < 4.78 is 5.50. The molecule has 0 radical (unpaired) electrons. The van der Waals surface area contributed by atoms with E-state index in [0.717, 1.165) is 13.0 Å². The lowest BCUT2D eigenvalue weighted by molar-refractivity contribution is -0.385. The number of ether oxygens (including phenoxy) is 1. The summed E-state index contributed by atoms with van der Waals surface area (Å²) in [5.41, 5.74) is 0.574. The van der Waals surface area contributed by atoms with Crippen molar-refractivity contribution < 1.29 is 14.5 Å². The maximum absolute atomic E-state index is 11.5. The summed E-state index contributed by atoms with van der Waals surface area (Å²) >= 11 is 0. The first kappa shape index (κ1) is 13.3. The summed E-state index contributed by atoms with van der Waals surface area (Å²) in [5.74, 6) is 0.292. The molecule has 8 nitrogen and oxygen atoms in total. The van der Waals surface area contributed by atoms with Crippen LogP contribution in [0.3, 0.4) is 0 Å². The largest absolute Gasteiger partial charge is 0.485 e. The number of nitrogens with zero attached hydrogens (tertiary/aromatic N) is 3. The van der Waals surface area contributed by atoms with Gasteiger partial charge in [0.25, 0.3) is 0 Å². The number of amides is 1. The summed E-state index contributed by atoms with van der Waals surface area (Å²) in [6, 6.07) is 2.99. The van der Waals surface area contributed by atoms with Gasteiger partial charge < -0.3 is 9.64 Å². The number of aromatic nitrogens is 2. The Kier molecular flexibility index (Phi) is 3.43. The molecule has 1 saturated heterocycles. The van der Waals surface area contributed by atoms with Crippen LogP contribution in [-0.4, -0.2) is 45.6 Å². The Labute approximate surface area is 119 Å². The first-order valence-corrected chi connectivity index (χ1v) is 6.67. The molecule has 1 aliphatic rings. The second-order valence-electron chi connectivity index (χ2n) is 4.87. The van der Waals surface area contributed by atoms with Crippen molar-refractivity contribution in [1.82, 2.24) is 15.1 Å². The van der Waals surface area contributed by atoms with E-state index in [1.807, 2.05) is 0 Å². The zero-order valence-corrected chi connectivity index (χ0v) is 11.2. The van der Waals surface area contributed by atoms with Gasteiger partial charge in [0.15, 0.2) is 5.75 Å². The number of carbonyl (C=O) groups excluding carboxylic acids is 1. The van der Waals surface area contributed by atoms with Crippen LogP contribution in [0.5, 0.6) is 5.75 Å². The Bertz CT molecular complexity index is 697. The van der Waals surface area contributed by atoms with Crippen LogP contribution in [0.1, 0.15) is 12.8 Å². The van der Waals surface area contributed by atoms with Gasteiger partial charge in [-0.05, 0) is 6.42 Å². The molecule has 1 fully saturated rings. The molecule has 2 aromatic rings. The molecule has 8 heteroatoms. The topological polar surface area (TPSA) is 101 Å². The summed E-state index contributed by atoms with van der Waals surface area (Å²) in [7, 11) is 0. The Balaban J connectivity index is 1.74. The fraction of sp³-hybridized carbons (Fsp3) is 0.385. The standard InChI is InChI=1S/C13H14N4O4/c18-13-2-1-3-16(13)4-5-21-12-7-10-9(8-14-15-10)6-11(12)17(19)20/h6-8H,1-5H2,(H,14,15). The van der Waals surface area contributed by atoms with Crippen molar-refractivity contribution in [3.8, 4) is 5.75 Å². The highest BCUT2D eigenvalue weighted by Gasteiger charge is 2.21. The molecule has 3 rings (SSSR count). The maximum atomic E-state index is 11.5. The van der Waals surface area contributed by atoms with Crippen LogP contribution in [0.4, 0.5) is 5.69 Å². The van der Waals surface area contributed by atoms with Gasteiger partial charge in [0.05, 0.1) is 23.2 Å². The molecular weight excluding hydrogens is 276 g/mol. The highest BCUT2D eigenvalue weighted by Crippen LogP contribution is 2.31. The van der Waals surface area contributed by atoms with Gasteiger partial charge in [-0.1, -0.05) is 0 Å². The lowest BCUT2D eigenvalue weighted by Crippen LogP contribution is -2.29. The van der Waals surface area contributed by atoms with E-state index in [1.54, 1.807) is 11.0 Å². The van der Waals surface area contributed by atoms with Gasteiger partial charge >= 0.3 is 5.69 Å². The molecule has 1 aromatic carbocycles. The molecule has 21 heavy (non-hydrogen) atoms. The SMILES string of the molecule is O=C1CCCN1CCOc1cc2[nH]ncc2cc1[N+](=O)[O-]. The second kappa shape index (κ2) is 5.39. The molecular formula is C13H14N4O4. The van der Waals surface area contributed by atoms with E-state index in [-0.39, 0.29) is 24.0 Å². The van der Waals surface area contributed by atoms with E-state index in [2.05, 4.69) is 10.2 Å². The predicted octanol–water partition coefficient (Wildman–Crippen LogP) is 1.47. The Morgan fingerprint density at radius 3 is 3.05 bits per heavy atom. The number of likely N-dealkylation sites (tertiary alicyclic amines) is 1. The van der Waals surface area contributed by atoms with Crippen molar-refractivity contribution in [2.24, 2.45) is 0 Å². The Morgan fingerprint density at radius 1 is 1.48 bits per heavy atom. The van der Waals surface area contributed by atoms with E-state index in [4.69, 9.17) is 4.74 Å². The van der Waals surface area contributed by atoms with Crippen molar-refractivity contribution in [1.29, 1.82) is 0 Å². The van der Waals surface area contributed by atoms with Gasteiger partial charge in [-0.3, -0.25) is 20.0 Å². The molecule has 110 valence electrons. The van der Waals surface area contributed by atoms with Crippen molar-refractivity contribution in [3.05, 3.63) is 28.4 Å². The molecule has 2 heterocycles. The number of nitro groups is 1. The normalized spacial score (nSPS) is 14.9. The number of carbonyl (C=O) groups is 1. The van der Waals surface area contributed by atoms with Crippen LogP contribution in [0.2, 0.25) is 0 Å². The highest BCUT2D eigenvalue weighted by molar-refractivity contribution is 5.83. The number of hydrogen-bond donors (Lipinski definition) is 1. The van der Waals surface area contributed by atoms with E-state index >= 15 is 0 Å². The molecule has 0 bridgehead atoms. The molecule has 0 unspecified atom stereocenters. The predicted molar refractivity (Wildman–Crippen MR) is 74.1 cm³/mol. The summed E-state index contributed by atoms with van der Waals surface area (Å²) in [4.78, 5) is 23.8. The van der Waals surface area contributed by atoms with E-state index in [0.29, 0.717) is 23.9 Å². The number of benzene rings is 1. The maximum Gasteiger partial charge on any atom is 0.311 e. The molecule has 1 aromatic heterocycles. The number of nitro benzene ring substituents is 1. The van der Waals surface area contributed by atoms with Crippen molar-refractivity contribution in [2.45, 2.75) is 12.8 Å². The zero-order valence-electron chi connectivity index (χ0n) is 11.2. The number of rotatable bonds is 5. The minimum absolute atomic E-state index is 0.100. The number of nitrogens with one attached hydrogen (secondary N) is 1. The third-order valence-corrected chi connectivity index (χ3v) is 3.51. The van der Waals surface area contributed by atoms with Crippen LogP contribution in [0, 0.1) is 10.1 Å². The average molecular weight is 290 g/mol. The Morgan fingerprint density at radius 2 is 2.33 bits per heavy atom. The van der Waals surface area contributed by atoms with Crippen molar-refractivity contribution in [2.75, 3.05) is 19.7 Å². The molecule has 0 saturated carbocycles. The van der Waals surface area contributed by atoms with Gasteiger partial charge in [0, 0.05) is 30.5 Å². The Hall–Kier alpha value is -2.64. The summed E-state index contributed by atoms with van der Waals surface area (Å²) in [6.07, 6.45) is 2.95. The fourth-order valence-corrected chi connectivity index (χ4v) is 2.42. The van der Waals surface area contributed by atoms with E-state index in [1.165, 1.54) is 12.3 Å². The average Bonchev–Trinajstić information content (AvgIpc) is 3.06. The van der Waals surface area contributed by atoms with Crippen LogP contribution < -0.4 is 4.74 Å². The number of aromatic amines is 1. The number of H-pyrrole nitrogens is 1. The van der Waals surface area contributed by atoms with Crippen LogP contribution in [0.25, 0.3) is 10.9 Å². The molecule has 0 aliphatic carbocycles. The first-order valence-electron chi connectivity index (χ1n) is 6.67. The highest BCUT2D eigenvalue weighted by atomic mass is 16.6. The van der Waals surface area contributed by atoms with Crippen LogP contribution in [-0.2, 0) is 4.79 Å². The molecule has 1 amide bonds. The van der Waals surface area contributed by atoms with Crippen LogP contribution >= 0.6 is 0 Å². The molecule has 0 atom stereocenters. The lowest BCUT2D eigenvalue weighted by atomic mass is 10.2. The first-order chi connectivity index (χ1) is 10.1. The fourth-order valence-electron chi connectivity index (χ4n) is 2.42. The van der Waals surface area contributed by atoms with Crippen LogP contribution in [0.15, 0.2) is 18.3 Å². The van der Waals surface area contributed by atoms with Gasteiger partial charge in [0.1, 0.15) is 6.61 Å². The van der Waals surface area contributed by atoms with Gasteiger partial charge in [-0.2, -0.15) is 5.10 Å². The quantitative estimate of drug-likeness (QED) is 0.663. The molecule has 1 N–H and O–H groups in total. The minimum atomic E-state index is -0.483. The number of hydrogen-bond acceptors (Lipinski definition) is 5. The zero-order chi connectivity index (χ0) is 14.8. The van der Waals surface area contributed by atoms with Crippen molar-refractivity contribution >= 4 is 22.5 Å². The lowest BCUT2D eigenvalue weighted by Gasteiger charge is -2.15. The summed E-state index contributed by atoms with van der Waals surface area (Å²) in [6.45, 7) is 1.40. The van der Waals surface area contributed by atoms with Crippen molar-refractivity contribution in [3.63, 3.8) is 0 Å². The smallest absolute Gasteiger partial charge is 0.311 e. The third kappa shape index (κ3) is 2.64. The van der Waals surface area contributed by atoms with E-state index in [9.17, 15) is 14.9 Å². The molecule has 1 aliphatic heterocycles. The van der Waals surface area contributed by atoms with Gasteiger partial charge in [-0.15, -0.1) is 0 Å². The second-order valence-corrected chi connectivity index (χ2v) is 4.87. The minimum Gasteiger partial charge on any atom is -0.485 e. The molecule has 0 spiro atoms.